The molecule has 29 N–H and O–H groups in total. The van der Waals surface area contributed by atoms with Crippen molar-refractivity contribution in [3.8, 4) is 223 Å². The van der Waals surface area contributed by atoms with Gasteiger partial charge in [0.2, 0.25) is 82.3 Å². The second-order valence-corrected chi connectivity index (χ2v) is 29.4. The van der Waals surface area contributed by atoms with Crippen molar-refractivity contribution < 1.29 is 258 Å². The molecular formula is C82H54O52. The fourth-order valence-corrected chi connectivity index (χ4v) is 15.2. The maximum atomic E-state index is 15.6. The number of carbonyl (C=O) groups is 10. The Labute approximate surface area is 734 Å². The molecule has 0 spiro atoms. The standard InChI is InChI=1S/C82H54O52/c83-23-1-14(2-24(84)45(23)93)71(112)133-81-69-68(130-77(118)19-8-29(89)50(98)57(105)39(19)40-20(78(119)131-69)9-30(90)51(99)58(40)106)65-35(126-81)13-123-80(121)44-43(42-22(75(116)128-65)11-32(92)53(101)60(42)108)61(109)62(110)63(111)66(44)124-33-4-15(3-25(85)46(33)94)72(113)134-82-70-67(129-76(117)18-7-28(88)49(97)56(104)38(18)41-21(79(120)132-70)10-31(91)52(100)59(41)107)64-34(125-82)12-122-73(114)16-5-26(86)47(95)54(102)36(16)37-17(74(115)127-64)6-27(87)48(96)55(37)103/h1-11,34-35,64-65,67-70,81-111H,12-13H2/t34-,35-,64-,65-,67+,68+,69-,70-,81-,82+/m1/s1. The topological polar surface area (TPSA) is 877 Å². The quantitative estimate of drug-likeness (QED) is 0.0641. The van der Waals surface area contributed by atoms with Gasteiger partial charge in [0.1, 0.15) is 31.0 Å². The zero-order chi connectivity index (χ0) is 97.2. The average Bonchev–Trinajstić information content (AvgIpc) is 1.13. The molecule has 52 heteroatoms. The summed E-state index contributed by atoms with van der Waals surface area (Å²) in [7, 11) is 0. The van der Waals surface area contributed by atoms with Crippen LogP contribution >= 0.6 is 0 Å². The Balaban J connectivity index is 0.822. The number of carbonyl (C=O) groups excluding carboxylic acids is 10. The first-order chi connectivity index (χ1) is 63.1. The second-order valence-electron chi connectivity index (χ2n) is 29.4. The molecule has 0 unspecified atom stereocenters. The molecule has 2 fully saturated rings. The van der Waals surface area contributed by atoms with Crippen molar-refractivity contribution in [1.29, 1.82) is 0 Å². The molecule has 6 heterocycles. The fourth-order valence-electron chi connectivity index (χ4n) is 15.2. The number of ether oxygens (including phenoxy) is 13. The van der Waals surface area contributed by atoms with Crippen LogP contribution in [-0.4, -0.2) is 282 Å². The van der Waals surface area contributed by atoms with E-state index in [2.05, 4.69) is 0 Å². The maximum Gasteiger partial charge on any atom is 0.342 e. The number of aromatic hydroxyl groups is 29. The highest BCUT2D eigenvalue weighted by molar-refractivity contribution is 6.14. The monoisotopic (exact) mass is 1870 g/mol. The van der Waals surface area contributed by atoms with E-state index >= 15 is 33.6 Å². The Bertz CT molecular complexity index is 6960. The normalized spacial score (nSPS) is 20.1. The number of cyclic esters (lactones) is 2. The molecule has 0 amide bonds. The highest BCUT2D eigenvalue weighted by atomic mass is 16.8. The highest BCUT2D eigenvalue weighted by Crippen LogP contribution is 2.62. The first-order valence-corrected chi connectivity index (χ1v) is 37.2. The molecule has 134 heavy (non-hydrogen) atoms. The Morgan fingerprint density at radius 2 is 0.470 bits per heavy atom. The van der Waals surface area contributed by atoms with Gasteiger partial charge in [0.05, 0.1) is 55.6 Å². The molecule has 0 bridgehead atoms. The van der Waals surface area contributed by atoms with Gasteiger partial charge in [-0.3, -0.25) is 0 Å². The van der Waals surface area contributed by atoms with E-state index < -0.39 is 413 Å². The van der Waals surface area contributed by atoms with Crippen molar-refractivity contribution >= 4 is 59.7 Å². The van der Waals surface area contributed by atoms with Crippen LogP contribution in [0.5, 0.6) is 178 Å². The molecular weight excluding hydrogens is 1820 g/mol. The number of rotatable bonds is 6. The largest absolute Gasteiger partial charge is 0.504 e. The highest BCUT2D eigenvalue weighted by Gasteiger charge is 2.59. The van der Waals surface area contributed by atoms with Gasteiger partial charge in [-0.2, -0.15) is 0 Å². The van der Waals surface area contributed by atoms with Gasteiger partial charge in [0.25, 0.3) is 0 Å². The van der Waals surface area contributed by atoms with Crippen LogP contribution in [0.2, 0.25) is 0 Å². The molecule has 52 nitrogen and oxygen atoms in total. The predicted molar refractivity (Wildman–Crippen MR) is 413 cm³/mol. The van der Waals surface area contributed by atoms with Crippen molar-refractivity contribution in [1.82, 2.24) is 0 Å². The Kier molecular flexibility index (Phi) is 20.9. The van der Waals surface area contributed by atoms with Gasteiger partial charge in [-0.05, 0) is 66.7 Å². The van der Waals surface area contributed by atoms with Crippen molar-refractivity contribution in [3.05, 3.63) is 122 Å². The molecule has 2 saturated heterocycles. The van der Waals surface area contributed by atoms with Crippen LogP contribution in [0.4, 0.5) is 0 Å². The summed E-state index contributed by atoms with van der Waals surface area (Å²) in [6.45, 7) is -3.30. The smallest absolute Gasteiger partial charge is 0.342 e. The minimum Gasteiger partial charge on any atom is -0.504 e. The molecule has 10 atom stereocenters. The fraction of sp³-hybridized carbons (Fsp3) is 0.146. The number of phenolic OH excluding ortho intramolecular Hbond substituents is 29. The third-order valence-corrected chi connectivity index (χ3v) is 21.6. The molecule has 10 aromatic rings. The number of benzene rings is 10. The van der Waals surface area contributed by atoms with E-state index in [1.165, 1.54) is 0 Å². The number of hydrogen-bond donors (Lipinski definition) is 29. The van der Waals surface area contributed by atoms with E-state index in [1.54, 1.807) is 0 Å². The lowest BCUT2D eigenvalue weighted by molar-refractivity contribution is -0.283. The lowest BCUT2D eigenvalue weighted by atomic mass is 9.90. The third kappa shape index (κ3) is 13.9. The van der Waals surface area contributed by atoms with E-state index in [1.807, 2.05) is 0 Å². The molecule has 694 valence electrons. The molecule has 16 rings (SSSR count). The summed E-state index contributed by atoms with van der Waals surface area (Å²) >= 11 is 0. The summed E-state index contributed by atoms with van der Waals surface area (Å²) in [5, 5.41) is 323. The average molecular weight is 1870 g/mol. The van der Waals surface area contributed by atoms with Crippen LogP contribution in [0.1, 0.15) is 104 Å². The zero-order valence-corrected chi connectivity index (χ0v) is 65.4. The summed E-state index contributed by atoms with van der Waals surface area (Å²) in [5.74, 6) is -69.5. The minimum absolute atomic E-state index is 0.132. The van der Waals surface area contributed by atoms with Crippen molar-refractivity contribution in [2.24, 2.45) is 0 Å². The Hall–Kier alpha value is -19.2. The van der Waals surface area contributed by atoms with Gasteiger partial charge < -0.3 is 210 Å². The summed E-state index contributed by atoms with van der Waals surface area (Å²) < 4.78 is 74.8. The summed E-state index contributed by atoms with van der Waals surface area (Å²) in [5.41, 5.74) is -24.1. The molecule has 6 aliphatic heterocycles. The number of hydrogen-bond acceptors (Lipinski definition) is 52. The Morgan fingerprint density at radius 3 is 0.776 bits per heavy atom. The lowest BCUT2D eigenvalue weighted by Crippen LogP contribution is -2.63. The van der Waals surface area contributed by atoms with Gasteiger partial charge >= 0.3 is 59.7 Å². The molecule has 10 aromatic carbocycles. The van der Waals surface area contributed by atoms with E-state index in [4.69, 9.17) is 61.6 Å². The predicted octanol–water partition coefficient (Wildman–Crippen LogP) is 3.69. The summed E-state index contributed by atoms with van der Waals surface area (Å²) in [4.78, 5) is 150. The zero-order valence-electron chi connectivity index (χ0n) is 65.4. The first-order valence-electron chi connectivity index (χ1n) is 37.2. The Morgan fingerprint density at radius 1 is 0.231 bits per heavy atom. The molecule has 0 saturated carbocycles. The lowest BCUT2D eigenvalue weighted by Gasteiger charge is -2.44. The van der Waals surface area contributed by atoms with Crippen molar-refractivity contribution in [2.75, 3.05) is 13.2 Å². The molecule has 6 aliphatic rings. The van der Waals surface area contributed by atoms with Gasteiger partial charge in [-0.15, -0.1) is 0 Å². The van der Waals surface area contributed by atoms with Crippen LogP contribution in [0.25, 0.3) is 44.5 Å². The molecule has 0 radical (unpaired) electrons. The van der Waals surface area contributed by atoms with E-state index in [0.29, 0.717) is 18.2 Å². The van der Waals surface area contributed by atoms with Crippen molar-refractivity contribution in [3.63, 3.8) is 0 Å². The maximum absolute atomic E-state index is 15.6. The number of esters is 10. The summed E-state index contributed by atoms with van der Waals surface area (Å²) in [6.07, 6.45) is -28.2. The van der Waals surface area contributed by atoms with Crippen LogP contribution in [0.3, 0.4) is 0 Å². The number of phenols is 29. The van der Waals surface area contributed by atoms with Gasteiger partial charge in [-0.1, -0.05) is 0 Å². The molecule has 0 aliphatic carbocycles. The van der Waals surface area contributed by atoms with Crippen molar-refractivity contribution in [2.45, 2.75) is 61.4 Å². The van der Waals surface area contributed by atoms with E-state index in [0.717, 1.165) is 0 Å². The van der Waals surface area contributed by atoms with Gasteiger partial charge in [0.15, 0.2) is 145 Å². The number of fused-ring (bicyclic) bond motifs is 18. The van der Waals surface area contributed by atoms with Gasteiger partial charge in [0, 0.05) is 38.9 Å². The SMILES string of the molecule is O=C(O[C@@H]1O[C@@H]2COC(=O)c3cc(O)c(O)c(O)c3-c3c(cc(O)c(O)c3O)C(=O)O[C@H]2[C@@H]2OC(=O)c3cc(O)c(O)c(O)c3-c3c(cc(O)c(O)c3O)C(=O)O[C@@H]12)c1cc(O)c(O)c(Oc2c(O)c(O)c(O)c3c2C(=O)OC[C@H]2O[C@H](OC(=O)c4cc(O)c(O)c(O)c4)[C@@H]4OC(=O)c5cc(O)c(O)c(O)c5-c5c(cc(O)c(O)c5O)C(=O)O[C@H]4[C@@H]2OC(=O)c2cc(O)c(O)c(O)c2-3)c1. The van der Waals surface area contributed by atoms with E-state index in [9.17, 15) is 162 Å². The van der Waals surface area contributed by atoms with Crippen LogP contribution in [0.15, 0.2) is 66.7 Å². The van der Waals surface area contributed by atoms with Gasteiger partial charge in [-0.25, -0.2) is 47.9 Å². The third-order valence-electron chi connectivity index (χ3n) is 21.6. The minimum atomic E-state index is -3.02. The van der Waals surface area contributed by atoms with Crippen LogP contribution < -0.4 is 4.74 Å². The summed E-state index contributed by atoms with van der Waals surface area (Å²) in [6, 6.07) is 3.10. The second kappa shape index (κ2) is 31.7. The van der Waals surface area contributed by atoms with E-state index in [-0.39, 0.29) is 48.5 Å². The van der Waals surface area contributed by atoms with Crippen LogP contribution in [-0.2, 0) is 56.8 Å². The molecule has 0 aromatic heterocycles. The van der Waals surface area contributed by atoms with Crippen LogP contribution in [0, 0.1) is 0 Å². The first kappa shape index (κ1) is 88.3.